The van der Waals surface area contributed by atoms with E-state index in [1.54, 1.807) is 6.07 Å². The van der Waals surface area contributed by atoms with Crippen LogP contribution in [-0.2, 0) is 0 Å². The van der Waals surface area contributed by atoms with Crippen LogP contribution in [0.3, 0.4) is 0 Å². The van der Waals surface area contributed by atoms with E-state index in [1.165, 1.54) is 0 Å². The highest BCUT2D eigenvalue weighted by Gasteiger charge is 2.19. The van der Waals surface area contributed by atoms with Gasteiger partial charge in [-0.3, -0.25) is 10.1 Å². The molecule has 1 aromatic carbocycles. The van der Waals surface area contributed by atoms with Crippen molar-refractivity contribution < 1.29 is 4.92 Å². The molecule has 1 rings (SSSR count). The van der Waals surface area contributed by atoms with E-state index in [0.717, 1.165) is 48.9 Å². The molecule has 0 amide bonds. The van der Waals surface area contributed by atoms with Gasteiger partial charge in [-0.05, 0) is 25.0 Å². The summed E-state index contributed by atoms with van der Waals surface area (Å²) in [5.41, 5.74) is 0.914. The third kappa shape index (κ3) is 4.82. The molecule has 0 radical (unpaired) electrons. The Balaban J connectivity index is 3.02. The Morgan fingerprint density at radius 2 is 1.79 bits per heavy atom. The van der Waals surface area contributed by atoms with Crippen LogP contribution in [0.25, 0.3) is 0 Å². The third-order valence-electron chi connectivity index (χ3n) is 3.04. The highest BCUT2D eigenvalue weighted by atomic mass is 79.9. The average molecular weight is 329 g/mol. The highest BCUT2D eigenvalue weighted by Crippen LogP contribution is 2.31. The molecule has 0 aliphatic heterocycles. The van der Waals surface area contributed by atoms with E-state index >= 15 is 0 Å². The molecule has 0 spiro atoms. The SMILES string of the molecule is CCCCN(CCCC)c1ccc(Br)cc1[N+](=O)[O-]. The minimum atomic E-state index is -0.301. The first-order chi connectivity index (χ1) is 9.10. The van der Waals surface area contributed by atoms with Gasteiger partial charge in [0.25, 0.3) is 5.69 Å². The van der Waals surface area contributed by atoms with Crippen LogP contribution in [-0.4, -0.2) is 18.0 Å². The van der Waals surface area contributed by atoms with E-state index in [9.17, 15) is 10.1 Å². The molecule has 0 N–H and O–H groups in total. The molecular formula is C14H21BrN2O2. The van der Waals surface area contributed by atoms with Crippen LogP contribution in [0.1, 0.15) is 39.5 Å². The number of nitro benzene ring substituents is 1. The molecule has 0 fully saturated rings. The van der Waals surface area contributed by atoms with Gasteiger partial charge >= 0.3 is 0 Å². The molecule has 5 heteroatoms. The molecular weight excluding hydrogens is 308 g/mol. The molecule has 4 nitrogen and oxygen atoms in total. The zero-order valence-electron chi connectivity index (χ0n) is 11.6. The van der Waals surface area contributed by atoms with Crippen molar-refractivity contribution in [1.82, 2.24) is 0 Å². The van der Waals surface area contributed by atoms with Crippen LogP contribution in [0.15, 0.2) is 22.7 Å². The minimum absolute atomic E-state index is 0.182. The second-order valence-electron chi connectivity index (χ2n) is 4.58. The Morgan fingerprint density at radius 3 is 2.26 bits per heavy atom. The van der Waals surface area contributed by atoms with E-state index in [4.69, 9.17) is 0 Å². The number of benzene rings is 1. The first kappa shape index (κ1) is 16.0. The summed E-state index contributed by atoms with van der Waals surface area (Å²) in [6.07, 6.45) is 4.29. The molecule has 0 unspecified atom stereocenters. The topological polar surface area (TPSA) is 46.4 Å². The maximum absolute atomic E-state index is 11.2. The lowest BCUT2D eigenvalue weighted by Crippen LogP contribution is -2.26. The predicted molar refractivity (Wildman–Crippen MR) is 82.8 cm³/mol. The molecule has 0 aliphatic rings. The van der Waals surface area contributed by atoms with Crippen molar-refractivity contribution in [3.63, 3.8) is 0 Å². The second-order valence-corrected chi connectivity index (χ2v) is 5.50. The molecule has 0 saturated heterocycles. The summed E-state index contributed by atoms with van der Waals surface area (Å²) < 4.78 is 0.744. The molecule has 0 saturated carbocycles. The minimum Gasteiger partial charge on any atom is -0.366 e. The van der Waals surface area contributed by atoms with Gasteiger partial charge in [-0.15, -0.1) is 0 Å². The fraction of sp³-hybridized carbons (Fsp3) is 0.571. The number of halogens is 1. The normalized spacial score (nSPS) is 10.5. The number of hydrogen-bond acceptors (Lipinski definition) is 3. The van der Waals surface area contributed by atoms with Gasteiger partial charge < -0.3 is 4.90 Å². The van der Waals surface area contributed by atoms with Crippen molar-refractivity contribution in [2.24, 2.45) is 0 Å². The van der Waals surface area contributed by atoms with Crippen molar-refractivity contribution in [2.75, 3.05) is 18.0 Å². The summed E-state index contributed by atoms with van der Waals surface area (Å²) in [7, 11) is 0. The highest BCUT2D eigenvalue weighted by molar-refractivity contribution is 9.10. The largest absolute Gasteiger partial charge is 0.366 e. The van der Waals surface area contributed by atoms with Crippen LogP contribution in [0.5, 0.6) is 0 Å². The molecule has 0 aliphatic carbocycles. The van der Waals surface area contributed by atoms with Gasteiger partial charge in [0.05, 0.1) is 4.92 Å². The van der Waals surface area contributed by atoms with Gasteiger partial charge in [-0.2, -0.15) is 0 Å². The van der Waals surface area contributed by atoms with E-state index in [-0.39, 0.29) is 10.6 Å². The number of hydrogen-bond donors (Lipinski definition) is 0. The van der Waals surface area contributed by atoms with Crippen LogP contribution < -0.4 is 4.90 Å². The molecule has 0 atom stereocenters. The van der Waals surface area contributed by atoms with Crippen molar-refractivity contribution in [2.45, 2.75) is 39.5 Å². The van der Waals surface area contributed by atoms with E-state index < -0.39 is 0 Å². The smallest absolute Gasteiger partial charge is 0.293 e. The third-order valence-corrected chi connectivity index (χ3v) is 3.53. The van der Waals surface area contributed by atoms with Crippen molar-refractivity contribution >= 4 is 27.3 Å². The lowest BCUT2D eigenvalue weighted by atomic mass is 10.2. The lowest BCUT2D eigenvalue weighted by Gasteiger charge is -2.24. The van der Waals surface area contributed by atoms with Crippen LogP contribution in [0.2, 0.25) is 0 Å². The quantitative estimate of drug-likeness (QED) is 0.510. The number of rotatable bonds is 8. The number of anilines is 1. The Bertz CT molecular complexity index is 416. The molecule has 1 aromatic rings. The molecule has 19 heavy (non-hydrogen) atoms. The monoisotopic (exact) mass is 328 g/mol. The maximum atomic E-state index is 11.2. The summed E-state index contributed by atoms with van der Waals surface area (Å²) >= 11 is 3.30. The number of nitrogens with zero attached hydrogens (tertiary/aromatic N) is 2. The van der Waals surface area contributed by atoms with E-state index in [0.29, 0.717) is 0 Å². The average Bonchev–Trinajstić information content (AvgIpc) is 2.39. The Hall–Kier alpha value is -1.10. The second kappa shape index (κ2) is 8.15. The Morgan fingerprint density at radius 1 is 1.21 bits per heavy atom. The first-order valence-electron chi connectivity index (χ1n) is 6.79. The van der Waals surface area contributed by atoms with E-state index in [2.05, 4.69) is 34.7 Å². The van der Waals surface area contributed by atoms with Gasteiger partial charge in [0.2, 0.25) is 0 Å². The van der Waals surface area contributed by atoms with Gasteiger partial charge in [0.1, 0.15) is 5.69 Å². The summed E-state index contributed by atoms with van der Waals surface area (Å²) in [5.74, 6) is 0. The molecule has 0 bridgehead atoms. The van der Waals surface area contributed by atoms with Crippen LogP contribution >= 0.6 is 15.9 Å². The van der Waals surface area contributed by atoms with Crippen LogP contribution in [0.4, 0.5) is 11.4 Å². The molecule has 0 aromatic heterocycles. The lowest BCUT2D eigenvalue weighted by molar-refractivity contribution is -0.384. The maximum Gasteiger partial charge on any atom is 0.293 e. The van der Waals surface area contributed by atoms with E-state index in [1.807, 2.05) is 12.1 Å². The predicted octanol–water partition coefficient (Wildman–Crippen LogP) is 4.76. The van der Waals surface area contributed by atoms with Crippen molar-refractivity contribution in [1.29, 1.82) is 0 Å². The Kier molecular flexibility index (Phi) is 6.84. The summed E-state index contributed by atoms with van der Waals surface area (Å²) in [5, 5.41) is 11.2. The van der Waals surface area contributed by atoms with Crippen molar-refractivity contribution in [3.05, 3.63) is 32.8 Å². The van der Waals surface area contributed by atoms with Crippen molar-refractivity contribution in [3.8, 4) is 0 Å². The number of nitro groups is 1. The zero-order valence-corrected chi connectivity index (χ0v) is 13.1. The number of unbranched alkanes of at least 4 members (excludes halogenated alkanes) is 2. The Labute approximate surface area is 123 Å². The van der Waals surface area contributed by atoms with Crippen LogP contribution in [0, 0.1) is 10.1 Å². The molecule has 106 valence electrons. The van der Waals surface area contributed by atoms with Gasteiger partial charge in [-0.25, -0.2) is 0 Å². The summed E-state index contributed by atoms with van der Waals surface area (Å²) in [4.78, 5) is 13.0. The fourth-order valence-electron chi connectivity index (χ4n) is 1.96. The molecule has 0 heterocycles. The first-order valence-corrected chi connectivity index (χ1v) is 7.58. The van der Waals surface area contributed by atoms with Gasteiger partial charge in [0, 0.05) is 23.6 Å². The summed E-state index contributed by atoms with van der Waals surface area (Å²) in [6.45, 7) is 6.01. The van der Waals surface area contributed by atoms with Gasteiger partial charge in [-0.1, -0.05) is 42.6 Å². The zero-order chi connectivity index (χ0) is 14.3. The summed E-state index contributed by atoms with van der Waals surface area (Å²) in [6, 6.07) is 5.29. The fourth-order valence-corrected chi connectivity index (χ4v) is 2.31. The van der Waals surface area contributed by atoms with Gasteiger partial charge in [0.15, 0.2) is 0 Å². The standard InChI is InChI=1S/C14H21BrN2O2/c1-3-5-9-16(10-6-4-2)13-8-7-12(15)11-14(13)17(18)19/h7-8,11H,3-6,9-10H2,1-2H3.